The summed E-state index contributed by atoms with van der Waals surface area (Å²) in [7, 11) is 0. The van der Waals surface area contributed by atoms with Crippen molar-refractivity contribution in [3.8, 4) is 11.3 Å². The summed E-state index contributed by atoms with van der Waals surface area (Å²) >= 11 is 1.54. The second-order valence-electron chi connectivity index (χ2n) is 5.49. The van der Waals surface area contributed by atoms with Gasteiger partial charge in [0.25, 0.3) is 5.91 Å². The van der Waals surface area contributed by atoms with Gasteiger partial charge < -0.3 is 5.32 Å². The van der Waals surface area contributed by atoms with E-state index in [1.807, 2.05) is 38.3 Å². The Labute approximate surface area is 144 Å². The third-order valence-corrected chi connectivity index (χ3v) is 4.68. The fourth-order valence-corrected chi connectivity index (χ4v) is 3.28. The molecule has 0 bridgehead atoms. The van der Waals surface area contributed by atoms with E-state index in [0.717, 1.165) is 22.0 Å². The minimum atomic E-state index is -0.168. The molecule has 7 heteroatoms. The molecule has 0 saturated heterocycles. The van der Waals surface area contributed by atoms with Crippen LogP contribution < -0.4 is 5.32 Å². The number of carbonyl (C=O) groups excluding carboxylic acids is 1. The van der Waals surface area contributed by atoms with Crippen molar-refractivity contribution in [2.75, 3.05) is 0 Å². The van der Waals surface area contributed by atoms with E-state index in [4.69, 9.17) is 0 Å². The zero-order valence-corrected chi connectivity index (χ0v) is 14.7. The summed E-state index contributed by atoms with van der Waals surface area (Å²) in [5.41, 5.74) is 3.33. The highest BCUT2D eigenvalue weighted by molar-refractivity contribution is 7.10. The number of nitrogens with one attached hydrogen (secondary N) is 1. The van der Waals surface area contributed by atoms with Crippen LogP contribution in [0.25, 0.3) is 11.3 Å². The first-order valence-electron chi connectivity index (χ1n) is 7.79. The van der Waals surface area contributed by atoms with Gasteiger partial charge in [-0.25, -0.2) is 4.98 Å². The second kappa shape index (κ2) is 6.92. The highest BCUT2D eigenvalue weighted by Gasteiger charge is 2.18. The molecule has 6 nitrogen and oxygen atoms in total. The van der Waals surface area contributed by atoms with Gasteiger partial charge in [0.05, 0.1) is 17.4 Å². The van der Waals surface area contributed by atoms with Gasteiger partial charge in [-0.2, -0.15) is 5.10 Å². The van der Waals surface area contributed by atoms with E-state index in [2.05, 4.69) is 20.4 Å². The molecule has 0 radical (unpaired) electrons. The summed E-state index contributed by atoms with van der Waals surface area (Å²) in [5, 5.41) is 10.2. The fraction of sp³-hybridized carbons (Fsp3) is 0.294. The number of carbonyl (C=O) groups is 1. The van der Waals surface area contributed by atoms with Crippen LogP contribution in [0.2, 0.25) is 0 Å². The topological polar surface area (TPSA) is 72.7 Å². The highest BCUT2D eigenvalue weighted by Crippen LogP contribution is 2.25. The van der Waals surface area contributed by atoms with Crippen LogP contribution in [0.1, 0.15) is 41.1 Å². The SMILES string of the molecule is CCn1nc(C)cc1C(=O)NC(C)c1nc(-c2ccncc2)cs1. The van der Waals surface area contributed by atoms with Gasteiger partial charge in [0.15, 0.2) is 0 Å². The molecule has 0 aliphatic carbocycles. The van der Waals surface area contributed by atoms with Crippen molar-refractivity contribution in [1.82, 2.24) is 25.1 Å². The largest absolute Gasteiger partial charge is 0.342 e. The Kier molecular flexibility index (Phi) is 4.71. The van der Waals surface area contributed by atoms with Crippen LogP contribution in [0.5, 0.6) is 0 Å². The number of thiazole rings is 1. The van der Waals surface area contributed by atoms with Crippen LogP contribution in [0.4, 0.5) is 0 Å². The Bertz CT molecular complexity index is 840. The first-order valence-corrected chi connectivity index (χ1v) is 8.67. The lowest BCUT2D eigenvalue weighted by Gasteiger charge is -2.11. The van der Waals surface area contributed by atoms with Crippen LogP contribution in [0.3, 0.4) is 0 Å². The summed E-state index contributed by atoms with van der Waals surface area (Å²) < 4.78 is 1.71. The maximum Gasteiger partial charge on any atom is 0.270 e. The first-order chi connectivity index (χ1) is 11.6. The lowest BCUT2D eigenvalue weighted by atomic mass is 10.2. The minimum Gasteiger partial charge on any atom is -0.342 e. The van der Waals surface area contributed by atoms with Gasteiger partial charge in [0.1, 0.15) is 10.7 Å². The molecule has 0 spiro atoms. The number of hydrogen-bond acceptors (Lipinski definition) is 5. The van der Waals surface area contributed by atoms with Gasteiger partial charge >= 0.3 is 0 Å². The molecule has 0 aromatic carbocycles. The average Bonchev–Trinajstić information content (AvgIpc) is 3.22. The molecule has 3 aromatic heterocycles. The predicted octanol–water partition coefficient (Wildman–Crippen LogP) is 3.22. The number of aryl methyl sites for hydroxylation is 2. The summed E-state index contributed by atoms with van der Waals surface area (Å²) in [4.78, 5) is 21.1. The van der Waals surface area contributed by atoms with Crippen molar-refractivity contribution in [3.05, 3.63) is 52.4 Å². The normalized spacial score (nSPS) is 12.1. The molecule has 1 amide bonds. The Morgan fingerprint density at radius 3 is 2.83 bits per heavy atom. The van der Waals surface area contributed by atoms with E-state index in [-0.39, 0.29) is 11.9 Å². The summed E-state index contributed by atoms with van der Waals surface area (Å²) in [5.74, 6) is -0.134. The molecule has 0 aliphatic rings. The number of aromatic nitrogens is 4. The minimum absolute atomic E-state index is 0.134. The molecule has 0 aliphatic heterocycles. The maximum atomic E-state index is 12.5. The van der Waals surface area contributed by atoms with E-state index in [0.29, 0.717) is 12.2 Å². The molecular formula is C17H19N5OS. The lowest BCUT2D eigenvalue weighted by molar-refractivity contribution is 0.0929. The lowest BCUT2D eigenvalue weighted by Crippen LogP contribution is -2.28. The van der Waals surface area contributed by atoms with Crippen LogP contribution in [-0.4, -0.2) is 25.7 Å². The number of amides is 1. The summed E-state index contributed by atoms with van der Waals surface area (Å²) in [6.07, 6.45) is 3.49. The van der Waals surface area contributed by atoms with Crippen LogP contribution in [0, 0.1) is 6.92 Å². The monoisotopic (exact) mass is 341 g/mol. The maximum absolute atomic E-state index is 12.5. The first kappa shape index (κ1) is 16.3. The van der Waals surface area contributed by atoms with Crippen molar-refractivity contribution < 1.29 is 4.79 Å². The molecule has 3 rings (SSSR count). The molecule has 3 aromatic rings. The Morgan fingerprint density at radius 1 is 1.38 bits per heavy atom. The average molecular weight is 341 g/mol. The number of rotatable bonds is 5. The molecule has 1 atom stereocenters. The van der Waals surface area contributed by atoms with Crippen LogP contribution in [0.15, 0.2) is 36.0 Å². The van der Waals surface area contributed by atoms with Crippen molar-refractivity contribution in [2.45, 2.75) is 33.4 Å². The number of nitrogens with zero attached hydrogens (tertiary/aromatic N) is 4. The van der Waals surface area contributed by atoms with Gasteiger partial charge in [-0.3, -0.25) is 14.5 Å². The van der Waals surface area contributed by atoms with E-state index in [9.17, 15) is 4.79 Å². The highest BCUT2D eigenvalue weighted by atomic mass is 32.1. The molecular weight excluding hydrogens is 322 g/mol. The summed E-state index contributed by atoms with van der Waals surface area (Å²) in [6.45, 7) is 6.45. The fourth-order valence-electron chi connectivity index (χ4n) is 2.44. The van der Waals surface area contributed by atoms with Gasteiger partial charge in [-0.05, 0) is 39.0 Å². The molecule has 1 unspecified atom stereocenters. The van der Waals surface area contributed by atoms with Gasteiger partial charge in [0, 0.05) is 29.9 Å². The van der Waals surface area contributed by atoms with E-state index >= 15 is 0 Å². The van der Waals surface area contributed by atoms with E-state index in [1.165, 1.54) is 11.3 Å². The van der Waals surface area contributed by atoms with Gasteiger partial charge in [-0.15, -0.1) is 11.3 Å². The molecule has 0 fully saturated rings. The Hall–Kier alpha value is -2.54. The third kappa shape index (κ3) is 3.35. The summed E-state index contributed by atoms with van der Waals surface area (Å²) in [6, 6.07) is 5.48. The second-order valence-corrected chi connectivity index (χ2v) is 6.38. The number of pyridine rings is 1. The quantitative estimate of drug-likeness (QED) is 0.773. The van der Waals surface area contributed by atoms with Crippen molar-refractivity contribution in [1.29, 1.82) is 0 Å². The molecule has 0 saturated carbocycles. The molecule has 124 valence electrons. The van der Waals surface area contributed by atoms with E-state index in [1.54, 1.807) is 23.1 Å². The zero-order chi connectivity index (χ0) is 17.1. The Morgan fingerprint density at radius 2 is 2.12 bits per heavy atom. The zero-order valence-electron chi connectivity index (χ0n) is 13.9. The van der Waals surface area contributed by atoms with Gasteiger partial charge in [0.2, 0.25) is 0 Å². The predicted molar refractivity (Wildman–Crippen MR) is 93.9 cm³/mol. The molecule has 1 N–H and O–H groups in total. The molecule has 3 heterocycles. The van der Waals surface area contributed by atoms with Crippen molar-refractivity contribution >= 4 is 17.2 Å². The van der Waals surface area contributed by atoms with Gasteiger partial charge in [-0.1, -0.05) is 0 Å². The third-order valence-electron chi connectivity index (χ3n) is 3.65. The standard InChI is InChI=1S/C17H19N5OS/c1-4-22-15(9-11(2)21-22)16(23)19-12(3)17-20-14(10-24-17)13-5-7-18-8-6-13/h5-10,12H,4H2,1-3H3,(H,19,23). The Balaban J connectivity index is 1.74. The van der Waals surface area contributed by atoms with E-state index < -0.39 is 0 Å². The van der Waals surface area contributed by atoms with Crippen molar-refractivity contribution in [2.24, 2.45) is 0 Å². The molecule has 24 heavy (non-hydrogen) atoms. The number of hydrogen-bond donors (Lipinski definition) is 1. The smallest absolute Gasteiger partial charge is 0.270 e. The van der Waals surface area contributed by atoms with Crippen LogP contribution in [-0.2, 0) is 6.54 Å². The van der Waals surface area contributed by atoms with Crippen molar-refractivity contribution in [3.63, 3.8) is 0 Å². The van der Waals surface area contributed by atoms with Crippen LogP contribution >= 0.6 is 11.3 Å².